The SMILES string of the molecule is CC(=N)N1CCCC1C(=O)NNc1ccc(F)cc1. The zero-order chi connectivity index (χ0) is 13.8. The Hall–Kier alpha value is -2.11. The third-order valence-corrected chi connectivity index (χ3v) is 3.16. The molecule has 1 aromatic carbocycles. The number of anilines is 1. The Morgan fingerprint density at radius 2 is 2.11 bits per heavy atom. The standard InChI is InChI=1S/C13H17FN4O/c1-9(15)18-8-2-3-12(18)13(19)17-16-11-6-4-10(14)5-7-11/h4-7,12,15-16H,2-3,8H2,1H3,(H,17,19). The van der Waals surface area contributed by atoms with Crippen LogP contribution in [0.3, 0.4) is 0 Å². The van der Waals surface area contributed by atoms with Gasteiger partial charge in [0, 0.05) is 6.54 Å². The minimum Gasteiger partial charge on any atom is -0.349 e. The first-order valence-corrected chi connectivity index (χ1v) is 6.21. The van der Waals surface area contributed by atoms with Gasteiger partial charge < -0.3 is 4.90 Å². The predicted molar refractivity (Wildman–Crippen MR) is 71.3 cm³/mol. The summed E-state index contributed by atoms with van der Waals surface area (Å²) in [6.07, 6.45) is 1.65. The fraction of sp³-hybridized carbons (Fsp3) is 0.385. The van der Waals surface area contributed by atoms with Crippen LogP contribution in [0, 0.1) is 11.2 Å². The number of nitrogens with zero attached hydrogens (tertiary/aromatic N) is 1. The Labute approximate surface area is 111 Å². The monoisotopic (exact) mass is 264 g/mol. The number of rotatable bonds is 3. The number of benzene rings is 1. The second-order valence-electron chi connectivity index (χ2n) is 4.56. The molecule has 0 aromatic heterocycles. The third-order valence-electron chi connectivity index (χ3n) is 3.16. The molecule has 2 rings (SSSR count). The topological polar surface area (TPSA) is 68.2 Å². The molecule has 0 aliphatic carbocycles. The average Bonchev–Trinajstić information content (AvgIpc) is 2.87. The second-order valence-corrected chi connectivity index (χ2v) is 4.56. The molecule has 1 saturated heterocycles. The molecule has 0 radical (unpaired) electrons. The largest absolute Gasteiger partial charge is 0.349 e. The van der Waals surface area contributed by atoms with E-state index in [1.165, 1.54) is 12.1 Å². The molecule has 5 nitrogen and oxygen atoms in total. The van der Waals surface area contributed by atoms with Crippen LogP contribution in [0.2, 0.25) is 0 Å². The number of halogens is 1. The van der Waals surface area contributed by atoms with Crippen molar-refractivity contribution in [1.82, 2.24) is 10.3 Å². The highest BCUT2D eigenvalue weighted by Gasteiger charge is 2.30. The Bertz CT molecular complexity index is 474. The molecule has 0 saturated carbocycles. The van der Waals surface area contributed by atoms with Gasteiger partial charge >= 0.3 is 0 Å². The fourth-order valence-corrected chi connectivity index (χ4v) is 2.19. The Balaban J connectivity index is 1.90. The van der Waals surface area contributed by atoms with E-state index in [1.807, 2.05) is 0 Å². The van der Waals surface area contributed by atoms with E-state index < -0.39 is 0 Å². The van der Waals surface area contributed by atoms with E-state index in [0.29, 0.717) is 11.5 Å². The van der Waals surface area contributed by atoms with Crippen molar-refractivity contribution in [2.45, 2.75) is 25.8 Å². The predicted octanol–water partition coefficient (Wildman–Crippen LogP) is 1.73. The molecule has 1 aliphatic heterocycles. The van der Waals surface area contributed by atoms with Crippen molar-refractivity contribution >= 4 is 17.4 Å². The lowest BCUT2D eigenvalue weighted by Gasteiger charge is -2.24. The molecule has 1 heterocycles. The van der Waals surface area contributed by atoms with Crippen LogP contribution < -0.4 is 10.9 Å². The van der Waals surface area contributed by atoms with Gasteiger partial charge in [0.05, 0.1) is 11.5 Å². The normalized spacial score (nSPS) is 18.2. The van der Waals surface area contributed by atoms with E-state index >= 15 is 0 Å². The molecule has 102 valence electrons. The van der Waals surface area contributed by atoms with Gasteiger partial charge in [-0.05, 0) is 44.0 Å². The molecule has 0 spiro atoms. The lowest BCUT2D eigenvalue weighted by molar-refractivity contribution is -0.123. The van der Waals surface area contributed by atoms with Gasteiger partial charge in [-0.1, -0.05) is 0 Å². The maximum absolute atomic E-state index is 12.7. The quantitative estimate of drug-likeness (QED) is 0.442. The van der Waals surface area contributed by atoms with Gasteiger partial charge in [0.1, 0.15) is 11.9 Å². The summed E-state index contributed by atoms with van der Waals surface area (Å²) in [6, 6.07) is 5.43. The zero-order valence-electron chi connectivity index (χ0n) is 10.7. The van der Waals surface area contributed by atoms with E-state index in [1.54, 1.807) is 24.0 Å². The number of amides is 1. The number of carbonyl (C=O) groups excluding carboxylic acids is 1. The highest BCUT2D eigenvalue weighted by Crippen LogP contribution is 2.17. The Morgan fingerprint density at radius 3 is 2.74 bits per heavy atom. The molecule has 1 unspecified atom stereocenters. The molecule has 0 bridgehead atoms. The Morgan fingerprint density at radius 1 is 1.42 bits per heavy atom. The maximum Gasteiger partial charge on any atom is 0.261 e. The average molecular weight is 264 g/mol. The van der Waals surface area contributed by atoms with E-state index in [2.05, 4.69) is 10.9 Å². The van der Waals surface area contributed by atoms with Crippen LogP contribution in [-0.4, -0.2) is 29.2 Å². The molecule has 1 fully saturated rings. The number of nitrogens with one attached hydrogen (secondary N) is 3. The van der Waals surface area contributed by atoms with Gasteiger partial charge in [-0.2, -0.15) is 0 Å². The van der Waals surface area contributed by atoms with Gasteiger partial charge in [0.25, 0.3) is 5.91 Å². The zero-order valence-corrected chi connectivity index (χ0v) is 10.7. The lowest BCUT2D eigenvalue weighted by Crippen LogP contribution is -2.46. The van der Waals surface area contributed by atoms with Crippen molar-refractivity contribution in [2.75, 3.05) is 12.0 Å². The highest BCUT2D eigenvalue weighted by molar-refractivity contribution is 5.88. The van der Waals surface area contributed by atoms with Crippen LogP contribution in [-0.2, 0) is 4.79 Å². The number of likely N-dealkylation sites (tertiary alicyclic amines) is 1. The molecule has 1 amide bonds. The molecule has 1 aromatic rings. The van der Waals surface area contributed by atoms with Crippen molar-refractivity contribution in [2.24, 2.45) is 0 Å². The van der Waals surface area contributed by atoms with Crippen LogP contribution in [0.15, 0.2) is 24.3 Å². The molecular weight excluding hydrogens is 247 g/mol. The first-order valence-electron chi connectivity index (χ1n) is 6.21. The minimum atomic E-state index is -0.321. The van der Waals surface area contributed by atoms with Gasteiger partial charge in [-0.3, -0.25) is 21.1 Å². The van der Waals surface area contributed by atoms with E-state index in [9.17, 15) is 9.18 Å². The molecule has 19 heavy (non-hydrogen) atoms. The van der Waals surface area contributed by atoms with Crippen LogP contribution >= 0.6 is 0 Å². The van der Waals surface area contributed by atoms with E-state index in [0.717, 1.165) is 19.4 Å². The number of amidine groups is 1. The van der Waals surface area contributed by atoms with E-state index in [-0.39, 0.29) is 17.8 Å². The van der Waals surface area contributed by atoms with Crippen molar-refractivity contribution in [3.05, 3.63) is 30.1 Å². The van der Waals surface area contributed by atoms with Gasteiger partial charge in [0.15, 0.2) is 0 Å². The smallest absolute Gasteiger partial charge is 0.261 e. The van der Waals surface area contributed by atoms with Crippen LogP contribution in [0.4, 0.5) is 10.1 Å². The molecule has 6 heteroatoms. The van der Waals surface area contributed by atoms with E-state index in [4.69, 9.17) is 5.41 Å². The number of hydrogen-bond acceptors (Lipinski definition) is 3. The summed E-state index contributed by atoms with van der Waals surface area (Å²) >= 11 is 0. The summed E-state index contributed by atoms with van der Waals surface area (Å²) in [7, 11) is 0. The number of hydrogen-bond donors (Lipinski definition) is 3. The second kappa shape index (κ2) is 5.69. The number of carbonyl (C=O) groups is 1. The Kier molecular flexibility index (Phi) is 3.99. The van der Waals surface area contributed by atoms with Gasteiger partial charge in [-0.15, -0.1) is 0 Å². The summed E-state index contributed by atoms with van der Waals surface area (Å²) in [5.41, 5.74) is 5.96. The lowest BCUT2D eigenvalue weighted by atomic mass is 10.2. The molecule has 1 atom stereocenters. The van der Waals surface area contributed by atoms with Crippen LogP contribution in [0.5, 0.6) is 0 Å². The first-order chi connectivity index (χ1) is 9.08. The third kappa shape index (κ3) is 3.21. The highest BCUT2D eigenvalue weighted by atomic mass is 19.1. The molecule has 3 N–H and O–H groups in total. The summed E-state index contributed by atoms with van der Waals surface area (Å²) < 4.78 is 12.7. The first kappa shape index (κ1) is 13.3. The van der Waals surface area contributed by atoms with Crippen molar-refractivity contribution in [3.8, 4) is 0 Å². The van der Waals surface area contributed by atoms with Crippen molar-refractivity contribution in [3.63, 3.8) is 0 Å². The fourth-order valence-electron chi connectivity index (χ4n) is 2.19. The summed E-state index contributed by atoms with van der Waals surface area (Å²) in [6.45, 7) is 2.42. The molecule has 1 aliphatic rings. The maximum atomic E-state index is 12.7. The minimum absolute atomic E-state index is 0.173. The van der Waals surface area contributed by atoms with Gasteiger partial charge in [-0.25, -0.2) is 4.39 Å². The van der Waals surface area contributed by atoms with Crippen LogP contribution in [0.1, 0.15) is 19.8 Å². The summed E-state index contributed by atoms with van der Waals surface area (Å²) in [4.78, 5) is 13.8. The van der Waals surface area contributed by atoms with Crippen molar-refractivity contribution in [1.29, 1.82) is 5.41 Å². The van der Waals surface area contributed by atoms with Crippen molar-refractivity contribution < 1.29 is 9.18 Å². The summed E-state index contributed by atoms with van der Waals surface area (Å²) in [5.74, 6) is -0.0915. The van der Waals surface area contributed by atoms with Crippen LogP contribution in [0.25, 0.3) is 0 Å². The molecular formula is C13H17FN4O. The summed E-state index contributed by atoms with van der Waals surface area (Å²) in [5, 5.41) is 7.62. The van der Waals surface area contributed by atoms with Gasteiger partial charge in [0.2, 0.25) is 0 Å². The number of hydrazine groups is 1.